The normalized spacial score (nSPS) is 82.8. The van der Waals surface area contributed by atoms with E-state index in [1.807, 2.05) is 0 Å². The third-order valence-electron chi connectivity index (χ3n) is 6.14. The molecule has 6 saturated carbocycles. The van der Waals surface area contributed by atoms with E-state index in [2.05, 4.69) is 0 Å². The molecule has 1 N–H and O–H groups in total. The summed E-state index contributed by atoms with van der Waals surface area (Å²) in [6, 6.07) is 0. The number of carboxylic acid groups (broad SMARTS) is 1. The molecular weight excluding hydrogens is 152 g/mol. The van der Waals surface area contributed by atoms with Gasteiger partial charge in [-0.25, -0.2) is 0 Å². The first-order valence-corrected chi connectivity index (χ1v) is 5.03. The summed E-state index contributed by atoms with van der Waals surface area (Å²) in [6.45, 7) is 0. The van der Waals surface area contributed by atoms with E-state index >= 15 is 0 Å². The van der Waals surface area contributed by atoms with Gasteiger partial charge in [-0.3, -0.25) is 4.79 Å². The first kappa shape index (κ1) is 5.25. The molecule has 6 aliphatic carbocycles. The molecule has 6 rings (SSSR count). The molecule has 0 radical (unpaired) electrons. The topological polar surface area (TPSA) is 37.3 Å². The largest absolute Gasteiger partial charge is 0.481 e. The lowest BCUT2D eigenvalue weighted by molar-refractivity contribution is -0.430. The molecule has 12 heavy (non-hydrogen) atoms. The van der Waals surface area contributed by atoms with Crippen molar-refractivity contribution in [2.75, 3.05) is 0 Å². The number of hydrogen-bond donors (Lipinski definition) is 1. The van der Waals surface area contributed by atoms with Crippen LogP contribution >= 0.6 is 0 Å². The van der Waals surface area contributed by atoms with Crippen LogP contribution in [0.4, 0.5) is 0 Å². The van der Waals surface area contributed by atoms with Gasteiger partial charge < -0.3 is 5.11 Å². The molecular formula is C10H10O2. The Morgan fingerprint density at radius 2 is 1.83 bits per heavy atom. The molecule has 2 heteroatoms. The molecule has 0 aromatic heterocycles. The number of aliphatic carboxylic acids is 1. The van der Waals surface area contributed by atoms with Crippen LogP contribution in [0.2, 0.25) is 0 Å². The van der Waals surface area contributed by atoms with Crippen molar-refractivity contribution in [3.8, 4) is 0 Å². The summed E-state index contributed by atoms with van der Waals surface area (Å²) in [4.78, 5) is 11.1. The van der Waals surface area contributed by atoms with E-state index in [1.165, 1.54) is 6.42 Å². The minimum Gasteiger partial charge on any atom is -0.481 e. The van der Waals surface area contributed by atoms with Gasteiger partial charge >= 0.3 is 5.97 Å². The summed E-state index contributed by atoms with van der Waals surface area (Å²) in [5, 5.41) is 9.19. The summed E-state index contributed by atoms with van der Waals surface area (Å²) in [5.74, 6) is 5.16. The number of carbonyl (C=O) groups is 1. The van der Waals surface area contributed by atoms with Crippen molar-refractivity contribution >= 4 is 5.97 Å². The van der Waals surface area contributed by atoms with Crippen molar-refractivity contribution in [1.82, 2.24) is 0 Å². The van der Waals surface area contributed by atoms with E-state index in [0.717, 1.165) is 23.7 Å². The maximum atomic E-state index is 11.1. The summed E-state index contributed by atoms with van der Waals surface area (Å²) in [5.41, 5.74) is -0.132. The lowest BCUT2D eigenvalue weighted by atomic mass is 9.13. The van der Waals surface area contributed by atoms with Crippen molar-refractivity contribution in [3.63, 3.8) is 0 Å². The van der Waals surface area contributed by atoms with Crippen LogP contribution in [0.1, 0.15) is 6.42 Å². The fourth-order valence-corrected chi connectivity index (χ4v) is 6.32. The molecule has 0 aromatic rings. The molecule has 4 unspecified atom stereocenters. The van der Waals surface area contributed by atoms with Gasteiger partial charge in [-0.2, -0.15) is 0 Å². The molecule has 0 saturated heterocycles. The molecule has 2 bridgehead atoms. The van der Waals surface area contributed by atoms with E-state index in [4.69, 9.17) is 0 Å². The van der Waals surface area contributed by atoms with E-state index < -0.39 is 5.97 Å². The second-order valence-electron chi connectivity index (χ2n) is 5.53. The summed E-state index contributed by atoms with van der Waals surface area (Å²) in [6.07, 6.45) is 1.40. The lowest BCUT2D eigenvalue weighted by Crippen LogP contribution is -2.90. The van der Waals surface area contributed by atoms with Gasteiger partial charge in [-0.05, 0) is 47.8 Å². The standard InChI is InChI=1S/C10H10O2/c11-9(12)10-6-3-1-2-4(6)8(10)5(2)7(3)10/h2-8H,1H2,(H,11,12)/t2?,3?,4-,5+,6-,7-,8?,10?/m0/s1. The van der Waals surface area contributed by atoms with Gasteiger partial charge in [-0.15, -0.1) is 0 Å². The Labute approximate surface area is 70.0 Å². The van der Waals surface area contributed by atoms with E-state index in [9.17, 15) is 9.90 Å². The second-order valence-corrected chi connectivity index (χ2v) is 5.53. The van der Waals surface area contributed by atoms with Crippen LogP contribution in [0.15, 0.2) is 0 Å². The Bertz CT molecular complexity index is 324. The first-order valence-electron chi connectivity index (χ1n) is 5.03. The highest BCUT2D eigenvalue weighted by molar-refractivity contribution is 5.84. The van der Waals surface area contributed by atoms with Crippen LogP contribution in [0.3, 0.4) is 0 Å². The van der Waals surface area contributed by atoms with Gasteiger partial charge in [0.1, 0.15) is 0 Å². The minimum absolute atomic E-state index is 0.132. The van der Waals surface area contributed by atoms with Crippen LogP contribution in [0.25, 0.3) is 0 Å². The maximum Gasteiger partial charge on any atom is 0.310 e. The third-order valence-corrected chi connectivity index (χ3v) is 6.14. The van der Waals surface area contributed by atoms with Gasteiger partial charge in [0, 0.05) is 0 Å². The van der Waals surface area contributed by atoms with Crippen LogP contribution < -0.4 is 0 Å². The fraction of sp³-hybridized carbons (Fsp3) is 0.900. The zero-order valence-electron chi connectivity index (χ0n) is 6.60. The fourth-order valence-electron chi connectivity index (χ4n) is 6.32. The molecule has 0 spiro atoms. The zero-order chi connectivity index (χ0) is 7.83. The SMILES string of the molecule is O=C(O)C12C3[C@H]4C5CC([C@@H]41)[C@H]2[C@@H]53. The minimum atomic E-state index is -0.452. The average molecular weight is 162 g/mol. The van der Waals surface area contributed by atoms with Crippen molar-refractivity contribution in [1.29, 1.82) is 0 Å². The molecule has 8 atom stereocenters. The van der Waals surface area contributed by atoms with Gasteiger partial charge in [0.2, 0.25) is 0 Å². The lowest BCUT2D eigenvalue weighted by Gasteiger charge is -2.89. The van der Waals surface area contributed by atoms with Crippen LogP contribution in [-0.2, 0) is 4.79 Å². The molecule has 0 heterocycles. The highest BCUT2D eigenvalue weighted by Gasteiger charge is 3.00. The monoisotopic (exact) mass is 162 g/mol. The highest BCUT2D eigenvalue weighted by Crippen LogP contribution is 2.99. The Kier molecular flexibility index (Phi) is 0.443. The number of hydrogen-bond acceptors (Lipinski definition) is 1. The molecule has 6 aliphatic rings. The second kappa shape index (κ2) is 1.01. The molecule has 0 aromatic carbocycles. The smallest absolute Gasteiger partial charge is 0.310 e. The van der Waals surface area contributed by atoms with Gasteiger partial charge in [0.25, 0.3) is 0 Å². The first-order chi connectivity index (χ1) is 5.79. The summed E-state index contributed by atoms with van der Waals surface area (Å²) >= 11 is 0. The Morgan fingerprint density at radius 1 is 1.17 bits per heavy atom. The van der Waals surface area contributed by atoms with E-state index in [1.54, 1.807) is 0 Å². The Balaban J connectivity index is 1.78. The van der Waals surface area contributed by atoms with Crippen LogP contribution in [0.5, 0.6) is 0 Å². The predicted octanol–water partition coefficient (Wildman–Crippen LogP) is 0.829. The Morgan fingerprint density at radius 3 is 2.33 bits per heavy atom. The molecule has 0 aliphatic heterocycles. The van der Waals surface area contributed by atoms with E-state index in [-0.39, 0.29) is 5.41 Å². The van der Waals surface area contributed by atoms with Crippen molar-refractivity contribution in [3.05, 3.63) is 0 Å². The Hall–Kier alpha value is -0.530. The molecule has 2 nitrogen and oxygen atoms in total. The molecule has 62 valence electrons. The van der Waals surface area contributed by atoms with Crippen molar-refractivity contribution < 1.29 is 9.90 Å². The third kappa shape index (κ3) is 0.192. The maximum absolute atomic E-state index is 11.1. The molecule has 6 fully saturated rings. The zero-order valence-corrected chi connectivity index (χ0v) is 6.60. The van der Waals surface area contributed by atoms with Crippen LogP contribution in [-0.4, -0.2) is 11.1 Å². The van der Waals surface area contributed by atoms with E-state index in [0.29, 0.717) is 17.8 Å². The summed E-state index contributed by atoms with van der Waals surface area (Å²) in [7, 11) is 0. The van der Waals surface area contributed by atoms with Gasteiger partial charge in [-0.1, -0.05) is 0 Å². The van der Waals surface area contributed by atoms with Crippen molar-refractivity contribution in [2.24, 2.45) is 46.8 Å². The highest BCUT2D eigenvalue weighted by atomic mass is 16.4. The van der Waals surface area contributed by atoms with Crippen molar-refractivity contribution in [2.45, 2.75) is 6.42 Å². The average Bonchev–Trinajstić information content (AvgIpc) is 2.27. The molecule has 0 amide bonds. The van der Waals surface area contributed by atoms with Gasteiger partial charge in [0.15, 0.2) is 0 Å². The predicted molar refractivity (Wildman–Crippen MR) is 39.1 cm³/mol. The number of carboxylic acids is 1. The van der Waals surface area contributed by atoms with Gasteiger partial charge in [0.05, 0.1) is 5.41 Å². The number of rotatable bonds is 1. The van der Waals surface area contributed by atoms with Crippen LogP contribution in [0, 0.1) is 46.8 Å². The quantitative estimate of drug-likeness (QED) is 0.620. The summed E-state index contributed by atoms with van der Waals surface area (Å²) < 4.78 is 0.